The lowest BCUT2D eigenvalue weighted by atomic mass is 10.1. The van der Waals surface area contributed by atoms with Crippen LogP contribution in [0.3, 0.4) is 0 Å². The van der Waals surface area contributed by atoms with E-state index in [0.717, 1.165) is 5.39 Å². The first-order valence-electron chi connectivity index (χ1n) is 8.15. The molecule has 8 nitrogen and oxygen atoms in total. The molecule has 27 heavy (non-hydrogen) atoms. The summed E-state index contributed by atoms with van der Waals surface area (Å²) in [6.45, 7) is 2.39. The molecule has 0 fully saturated rings. The summed E-state index contributed by atoms with van der Waals surface area (Å²) in [5.74, 6) is 1.11. The van der Waals surface area contributed by atoms with Gasteiger partial charge >= 0.3 is 0 Å². The van der Waals surface area contributed by atoms with E-state index in [-0.39, 0.29) is 5.91 Å². The lowest BCUT2D eigenvalue weighted by Crippen LogP contribution is -2.11. The minimum absolute atomic E-state index is 0.283. The summed E-state index contributed by atoms with van der Waals surface area (Å²) < 4.78 is 11.1. The summed E-state index contributed by atoms with van der Waals surface area (Å²) in [6, 6.07) is 12.0. The lowest BCUT2D eigenvalue weighted by Gasteiger charge is -2.09. The van der Waals surface area contributed by atoms with E-state index >= 15 is 0 Å². The number of furan rings is 1. The van der Waals surface area contributed by atoms with Crippen LogP contribution in [0, 0.1) is 0 Å². The highest BCUT2D eigenvalue weighted by Crippen LogP contribution is 2.29. The molecule has 0 spiro atoms. The van der Waals surface area contributed by atoms with E-state index in [9.17, 15) is 4.79 Å². The van der Waals surface area contributed by atoms with E-state index in [2.05, 4.69) is 25.9 Å². The first-order valence-corrected chi connectivity index (χ1v) is 8.53. The van der Waals surface area contributed by atoms with Crippen molar-refractivity contribution in [3.8, 4) is 17.3 Å². The fraction of sp³-hybridized carbons (Fsp3) is 0.111. The molecule has 136 valence electrons. The predicted molar refractivity (Wildman–Crippen MR) is 100.0 cm³/mol. The molecule has 2 heterocycles. The molecule has 0 aliphatic rings. The van der Waals surface area contributed by atoms with E-state index < -0.39 is 0 Å². The van der Waals surface area contributed by atoms with Crippen LogP contribution in [0.15, 0.2) is 46.9 Å². The zero-order valence-electron chi connectivity index (χ0n) is 14.2. The SMILES string of the molecule is CCOc1ccc(NC(=O)c2ccc3cc(-c4nn[nH]n4)oc3c2)cc1Cl. The van der Waals surface area contributed by atoms with Crippen molar-refractivity contribution in [3.63, 3.8) is 0 Å². The number of nitrogens with one attached hydrogen (secondary N) is 2. The Labute approximate surface area is 158 Å². The fourth-order valence-electron chi connectivity index (χ4n) is 2.60. The molecule has 2 aromatic carbocycles. The van der Waals surface area contributed by atoms with Crippen LogP contribution < -0.4 is 10.1 Å². The number of fused-ring (bicyclic) bond motifs is 1. The van der Waals surface area contributed by atoms with Gasteiger partial charge in [0.2, 0.25) is 5.82 Å². The van der Waals surface area contributed by atoms with Crippen LogP contribution in [0.1, 0.15) is 17.3 Å². The second-order valence-electron chi connectivity index (χ2n) is 5.63. The number of H-pyrrole nitrogens is 1. The zero-order valence-corrected chi connectivity index (χ0v) is 14.9. The molecule has 0 unspecified atom stereocenters. The number of aromatic nitrogens is 4. The van der Waals surface area contributed by atoms with Gasteiger partial charge in [0.05, 0.1) is 11.6 Å². The quantitative estimate of drug-likeness (QED) is 0.541. The molecule has 0 radical (unpaired) electrons. The molecule has 0 aliphatic heterocycles. The Kier molecular flexibility index (Phi) is 4.47. The van der Waals surface area contributed by atoms with Gasteiger partial charge in [0.25, 0.3) is 5.91 Å². The Morgan fingerprint density at radius 1 is 1.26 bits per heavy atom. The van der Waals surface area contributed by atoms with Crippen molar-refractivity contribution in [3.05, 3.63) is 53.1 Å². The number of halogens is 1. The smallest absolute Gasteiger partial charge is 0.255 e. The topological polar surface area (TPSA) is 106 Å². The van der Waals surface area contributed by atoms with Gasteiger partial charge in [-0.05, 0) is 48.5 Å². The molecular formula is C18H14ClN5O3. The molecule has 2 N–H and O–H groups in total. The number of amides is 1. The number of hydrogen-bond acceptors (Lipinski definition) is 6. The maximum atomic E-state index is 12.5. The minimum atomic E-state index is -0.283. The highest BCUT2D eigenvalue weighted by Gasteiger charge is 2.13. The highest BCUT2D eigenvalue weighted by atomic mass is 35.5. The molecule has 0 atom stereocenters. The molecular weight excluding hydrogens is 370 g/mol. The summed E-state index contributed by atoms with van der Waals surface area (Å²) in [6.07, 6.45) is 0. The molecule has 1 amide bonds. The maximum absolute atomic E-state index is 12.5. The van der Waals surface area contributed by atoms with Gasteiger partial charge in [0.15, 0.2) is 5.76 Å². The summed E-state index contributed by atoms with van der Waals surface area (Å²) in [5, 5.41) is 17.7. The van der Waals surface area contributed by atoms with Gasteiger partial charge in [-0.2, -0.15) is 5.21 Å². The van der Waals surface area contributed by atoms with Crippen LogP contribution in [0.4, 0.5) is 5.69 Å². The molecule has 2 aromatic heterocycles. The number of rotatable bonds is 5. The molecule has 0 bridgehead atoms. The number of nitrogens with zero attached hydrogens (tertiary/aromatic N) is 3. The van der Waals surface area contributed by atoms with E-state index in [0.29, 0.717) is 45.8 Å². The van der Waals surface area contributed by atoms with Gasteiger partial charge in [-0.25, -0.2) is 0 Å². The minimum Gasteiger partial charge on any atom is -0.492 e. The van der Waals surface area contributed by atoms with Gasteiger partial charge in [0, 0.05) is 16.6 Å². The summed E-state index contributed by atoms with van der Waals surface area (Å²) in [7, 11) is 0. The van der Waals surface area contributed by atoms with E-state index in [4.69, 9.17) is 20.8 Å². The predicted octanol–water partition coefficient (Wildman–Crippen LogP) is 3.92. The first kappa shape index (κ1) is 17.0. The third kappa shape index (κ3) is 3.47. The number of aromatic amines is 1. The number of carbonyl (C=O) groups excluding carboxylic acids is 1. The number of benzene rings is 2. The number of carbonyl (C=O) groups is 1. The maximum Gasteiger partial charge on any atom is 0.255 e. The molecule has 9 heteroatoms. The average Bonchev–Trinajstić information content (AvgIpc) is 3.32. The van der Waals surface area contributed by atoms with Crippen LogP contribution in [0.25, 0.3) is 22.6 Å². The second kappa shape index (κ2) is 7.08. The Morgan fingerprint density at radius 3 is 2.89 bits per heavy atom. The van der Waals surface area contributed by atoms with E-state index in [1.165, 1.54) is 0 Å². The Hall–Kier alpha value is -3.39. The van der Waals surface area contributed by atoms with E-state index in [1.807, 2.05) is 6.92 Å². The number of ether oxygens (including phenoxy) is 1. The van der Waals surface area contributed by atoms with Gasteiger partial charge in [-0.1, -0.05) is 17.7 Å². The summed E-state index contributed by atoms with van der Waals surface area (Å²) in [4.78, 5) is 12.5. The van der Waals surface area contributed by atoms with Crippen LogP contribution in [0.2, 0.25) is 5.02 Å². The van der Waals surface area contributed by atoms with Crippen molar-refractivity contribution in [1.29, 1.82) is 0 Å². The second-order valence-corrected chi connectivity index (χ2v) is 6.04. The number of anilines is 1. The molecule has 0 saturated carbocycles. The number of tetrazole rings is 1. The van der Waals surface area contributed by atoms with Gasteiger partial charge in [-0.3, -0.25) is 4.79 Å². The Bertz CT molecular complexity index is 1110. The lowest BCUT2D eigenvalue weighted by molar-refractivity contribution is 0.102. The Morgan fingerprint density at radius 2 is 2.15 bits per heavy atom. The fourth-order valence-corrected chi connectivity index (χ4v) is 2.84. The summed E-state index contributed by atoms with van der Waals surface area (Å²) >= 11 is 6.16. The van der Waals surface area contributed by atoms with Crippen molar-refractivity contribution in [2.24, 2.45) is 0 Å². The van der Waals surface area contributed by atoms with Gasteiger partial charge in [0.1, 0.15) is 11.3 Å². The van der Waals surface area contributed by atoms with Crippen LogP contribution in [0.5, 0.6) is 5.75 Å². The van der Waals surface area contributed by atoms with Crippen molar-refractivity contribution in [2.45, 2.75) is 6.92 Å². The monoisotopic (exact) mass is 383 g/mol. The summed E-state index contributed by atoms with van der Waals surface area (Å²) in [5.41, 5.74) is 1.56. The van der Waals surface area contributed by atoms with E-state index in [1.54, 1.807) is 42.5 Å². The molecule has 0 saturated heterocycles. The van der Waals surface area contributed by atoms with Crippen LogP contribution >= 0.6 is 11.6 Å². The van der Waals surface area contributed by atoms with Gasteiger partial charge < -0.3 is 14.5 Å². The van der Waals surface area contributed by atoms with Crippen LogP contribution in [-0.2, 0) is 0 Å². The van der Waals surface area contributed by atoms with Gasteiger partial charge in [-0.15, -0.1) is 10.2 Å². The third-order valence-electron chi connectivity index (χ3n) is 3.84. The van der Waals surface area contributed by atoms with Crippen molar-refractivity contribution < 1.29 is 13.9 Å². The largest absolute Gasteiger partial charge is 0.492 e. The third-order valence-corrected chi connectivity index (χ3v) is 4.13. The van der Waals surface area contributed by atoms with Crippen molar-refractivity contribution in [2.75, 3.05) is 11.9 Å². The van der Waals surface area contributed by atoms with Crippen LogP contribution in [-0.4, -0.2) is 33.1 Å². The zero-order chi connectivity index (χ0) is 18.8. The first-order chi connectivity index (χ1) is 13.1. The van der Waals surface area contributed by atoms with Crippen molar-refractivity contribution >= 4 is 34.2 Å². The average molecular weight is 384 g/mol. The Balaban J connectivity index is 1.56. The molecule has 4 rings (SSSR count). The molecule has 0 aliphatic carbocycles. The number of hydrogen-bond donors (Lipinski definition) is 2. The normalized spacial score (nSPS) is 10.9. The molecule has 4 aromatic rings. The highest BCUT2D eigenvalue weighted by molar-refractivity contribution is 6.32. The van der Waals surface area contributed by atoms with Crippen molar-refractivity contribution in [1.82, 2.24) is 20.6 Å². The standard InChI is InChI=1S/C18H14ClN5O3/c1-2-26-14-6-5-12(9-13(14)19)20-18(25)11-4-3-10-7-16(27-15(10)8-11)17-21-23-24-22-17/h3-9H,2H2,1H3,(H,20,25)(H,21,22,23,24).